The number of pyridine rings is 1. The van der Waals surface area contributed by atoms with Crippen LogP contribution in [0.15, 0.2) is 42.7 Å². The van der Waals surface area contributed by atoms with Crippen LogP contribution in [0.2, 0.25) is 5.02 Å². The van der Waals surface area contributed by atoms with Crippen LogP contribution in [0.25, 0.3) is 0 Å². The third kappa shape index (κ3) is 6.45. The van der Waals surface area contributed by atoms with Crippen molar-refractivity contribution in [2.24, 2.45) is 0 Å². The predicted molar refractivity (Wildman–Crippen MR) is 145 cm³/mol. The molecule has 0 atom stereocenters. The molecule has 0 saturated carbocycles. The number of aryl methyl sites for hydroxylation is 1. The molecule has 1 aromatic carbocycles. The molecule has 1 saturated heterocycles. The second-order valence-electron chi connectivity index (χ2n) is 8.74. The Labute approximate surface area is 222 Å². The Hall–Kier alpha value is -3.48. The highest BCUT2D eigenvalue weighted by Crippen LogP contribution is 2.25. The predicted octanol–water partition coefficient (Wildman–Crippen LogP) is 2.54. The molecule has 1 aliphatic rings. The fourth-order valence-corrected chi connectivity index (χ4v) is 4.41. The molecule has 13 heteroatoms. The van der Waals surface area contributed by atoms with Crippen molar-refractivity contribution in [1.29, 1.82) is 0 Å². The molecule has 2 N–H and O–H groups in total. The molecule has 1 aliphatic heterocycles. The summed E-state index contributed by atoms with van der Waals surface area (Å²) in [5, 5.41) is 6.62. The van der Waals surface area contributed by atoms with Crippen molar-refractivity contribution >= 4 is 51.7 Å². The largest absolute Gasteiger partial charge is 0.364 e. The molecule has 1 amide bonds. The molecule has 4 rings (SSSR count). The van der Waals surface area contributed by atoms with E-state index >= 15 is 0 Å². The first-order chi connectivity index (χ1) is 17.7. The van der Waals surface area contributed by atoms with Crippen molar-refractivity contribution in [2.75, 3.05) is 55.2 Å². The molecule has 37 heavy (non-hydrogen) atoms. The van der Waals surface area contributed by atoms with Gasteiger partial charge in [0.1, 0.15) is 10.8 Å². The van der Waals surface area contributed by atoms with Crippen LogP contribution in [0.1, 0.15) is 21.5 Å². The first kappa shape index (κ1) is 26.6. The lowest BCUT2D eigenvalue weighted by atomic mass is 10.1. The van der Waals surface area contributed by atoms with E-state index < -0.39 is 10.9 Å². The van der Waals surface area contributed by atoms with E-state index in [0.29, 0.717) is 33.7 Å². The Bertz CT molecular complexity index is 1350. The van der Waals surface area contributed by atoms with Crippen LogP contribution in [0.5, 0.6) is 0 Å². The number of nitrogens with zero attached hydrogens (tertiary/aromatic N) is 6. The van der Waals surface area contributed by atoms with Gasteiger partial charge in [0.05, 0.1) is 6.20 Å². The fraction of sp³-hybridized carbons (Fsp3) is 0.333. The monoisotopic (exact) mass is 544 g/mol. The van der Waals surface area contributed by atoms with Gasteiger partial charge in [0.25, 0.3) is 5.91 Å². The Morgan fingerprint density at radius 3 is 2.62 bits per heavy atom. The van der Waals surface area contributed by atoms with E-state index in [0.717, 1.165) is 41.7 Å². The minimum atomic E-state index is -2.82. The van der Waals surface area contributed by atoms with E-state index in [2.05, 4.69) is 37.5 Å². The number of nitrogens with one attached hydrogen (secondary N) is 2. The summed E-state index contributed by atoms with van der Waals surface area (Å²) >= 11 is 6.30. The minimum Gasteiger partial charge on any atom is -0.364 e. The second kappa shape index (κ2) is 11.7. The molecule has 0 radical (unpaired) electrons. The summed E-state index contributed by atoms with van der Waals surface area (Å²) in [7, 11) is 0.670. The summed E-state index contributed by atoms with van der Waals surface area (Å²) in [6.07, 6.45) is 3.00. The summed E-state index contributed by atoms with van der Waals surface area (Å²) in [5.41, 5.74) is 2.94. The van der Waals surface area contributed by atoms with E-state index in [-0.39, 0.29) is 12.5 Å². The lowest BCUT2D eigenvalue weighted by molar-refractivity contribution is 0.0664. The lowest BCUT2D eigenvalue weighted by Gasteiger charge is -2.32. The van der Waals surface area contributed by atoms with Crippen LogP contribution in [-0.4, -0.2) is 79.4 Å². The first-order valence-electron chi connectivity index (χ1n) is 11.7. The summed E-state index contributed by atoms with van der Waals surface area (Å²) in [5.74, 6) is 1.04. The zero-order chi connectivity index (χ0) is 26.5. The van der Waals surface area contributed by atoms with Gasteiger partial charge in [-0.15, -0.1) is 0 Å². The minimum absolute atomic E-state index is 0.0268. The van der Waals surface area contributed by atoms with Crippen LogP contribution in [-0.2, 0) is 17.4 Å². The van der Waals surface area contributed by atoms with Gasteiger partial charge in [-0.2, -0.15) is 4.98 Å². The van der Waals surface area contributed by atoms with Crippen LogP contribution in [0.3, 0.4) is 0 Å². The molecule has 3 aromatic rings. The highest BCUT2D eigenvalue weighted by atomic mass is 35.5. The number of hydrogen-bond acceptors (Lipinski definition) is 9. The van der Waals surface area contributed by atoms with Crippen LogP contribution >= 0.6 is 11.6 Å². The number of rotatable bonds is 8. The smallest absolute Gasteiger partial charge is 0.253 e. The summed E-state index contributed by atoms with van der Waals surface area (Å²) in [6, 6.07) is 8.99. The van der Waals surface area contributed by atoms with Gasteiger partial charge in [0.2, 0.25) is 16.8 Å². The van der Waals surface area contributed by atoms with Gasteiger partial charge in [0.15, 0.2) is 5.82 Å². The van der Waals surface area contributed by atoms with Crippen molar-refractivity contribution in [3.63, 3.8) is 0 Å². The number of anilines is 4. The molecule has 0 unspecified atom stereocenters. The second-order valence-corrected chi connectivity index (χ2v) is 10.2. The summed E-state index contributed by atoms with van der Waals surface area (Å²) < 4.78 is 23.9. The third-order valence-corrected chi connectivity index (χ3v) is 7.08. The molecule has 0 spiro atoms. The number of amides is 1. The molecule has 3 heterocycles. The van der Waals surface area contributed by atoms with Crippen molar-refractivity contribution in [1.82, 2.24) is 24.8 Å². The van der Waals surface area contributed by atoms with E-state index in [1.165, 1.54) is 19.4 Å². The number of carbonyl (C=O) groups excluding carboxylic acids is 1. The topological polar surface area (TPSA) is 124 Å². The Morgan fingerprint density at radius 2 is 1.92 bits per heavy atom. The fourth-order valence-electron chi connectivity index (χ4n) is 3.92. The Kier molecular flexibility index (Phi) is 8.41. The van der Waals surface area contributed by atoms with Gasteiger partial charge in [-0.3, -0.25) is 9.10 Å². The van der Waals surface area contributed by atoms with Gasteiger partial charge in [-0.1, -0.05) is 17.7 Å². The number of carbonyl (C=O) groups is 1. The quantitative estimate of drug-likeness (QED) is 0.367. The molecule has 0 aliphatic carbocycles. The maximum atomic E-state index is 12.9. The Morgan fingerprint density at radius 1 is 1.16 bits per heavy atom. The van der Waals surface area contributed by atoms with Crippen molar-refractivity contribution in [2.45, 2.75) is 13.5 Å². The van der Waals surface area contributed by atoms with Gasteiger partial charge < -0.3 is 20.4 Å². The lowest BCUT2D eigenvalue weighted by Crippen LogP contribution is -2.47. The first-order valence-corrected chi connectivity index (χ1v) is 13.2. The average molecular weight is 545 g/mol. The zero-order valence-electron chi connectivity index (χ0n) is 20.8. The molecule has 0 bridgehead atoms. The summed E-state index contributed by atoms with van der Waals surface area (Å²) in [4.78, 5) is 29.9. The van der Waals surface area contributed by atoms with Crippen LogP contribution < -0.4 is 14.9 Å². The number of halogens is 1. The van der Waals surface area contributed by atoms with Gasteiger partial charge >= 0.3 is 0 Å². The highest BCUT2D eigenvalue weighted by Gasteiger charge is 2.21. The normalized spacial score (nSPS) is 14.0. The number of hydrogen-bond donors (Lipinski definition) is 3. The SMILES string of the molecule is Cc1cc(C(=O)N2CCN(C)CC2)ccc1Nc1ncc(Cl)c(NCc2cccnc2N(C)[SH](=O)=O)n1. The number of piperazine rings is 1. The summed E-state index contributed by atoms with van der Waals surface area (Å²) in [6.45, 7) is 5.33. The van der Waals surface area contributed by atoms with E-state index in [1.807, 2.05) is 24.0 Å². The molecular formula is C24H29ClN8O3S. The van der Waals surface area contributed by atoms with Crippen LogP contribution in [0, 0.1) is 6.92 Å². The van der Waals surface area contributed by atoms with Gasteiger partial charge in [-0.25, -0.2) is 18.4 Å². The number of benzene rings is 1. The Balaban J connectivity index is 1.46. The maximum Gasteiger partial charge on any atom is 0.253 e. The van der Waals surface area contributed by atoms with E-state index in [9.17, 15) is 13.2 Å². The molecule has 196 valence electrons. The van der Waals surface area contributed by atoms with Gasteiger partial charge in [-0.05, 0) is 43.8 Å². The molecule has 2 aromatic heterocycles. The number of likely N-dealkylation sites (N-methyl/N-ethyl adjacent to an activating group) is 1. The average Bonchev–Trinajstić information content (AvgIpc) is 2.89. The van der Waals surface area contributed by atoms with Crippen molar-refractivity contribution < 1.29 is 13.2 Å². The van der Waals surface area contributed by atoms with Crippen molar-refractivity contribution in [3.05, 3.63) is 64.4 Å². The number of thiol groups is 1. The molecular weight excluding hydrogens is 516 g/mol. The maximum absolute atomic E-state index is 12.9. The molecule has 11 nitrogen and oxygen atoms in total. The van der Waals surface area contributed by atoms with E-state index in [1.54, 1.807) is 18.2 Å². The van der Waals surface area contributed by atoms with Crippen LogP contribution in [0.4, 0.5) is 23.3 Å². The van der Waals surface area contributed by atoms with E-state index in [4.69, 9.17) is 11.6 Å². The zero-order valence-corrected chi connectivity index (χ0v) is 22.5. The standard InChI is InChI=1S/C24H29ClN8O3S/c1-16-13-17(23(34)33-11-9-31(2)10-12-33)6-7-20(16)29-24-28-15-19(25)21(30-24)27-14-18-5-4-8-26-22(18)32(3)37(35)36/h4-8,13,15,37H,9-12,14H2,1-3H3,(H2,27,28,29,30). The third-order valence-electron chi connectivity index (χ3n) is 6.12. The molecule has 1 fully saturated rings. The number of aromatic nitrogens is 3. The highest BCUT2D eigenvalue weighted by molar-refractivity contribution is 7.74. The van der Waals surface area contributed by atoms with Crippen molar-refractivity contribution in [3.8, 4) is 0 Å². The van der Waals surface area contributed by atoms with Gasteiger partial charge in [0, 0.05) is 62.8 Å².